The first-order chi connectivity index (χ1) is 9.74. The molecule has 1 fully saturated rings. The van der Waals surface area contributed by atoms with E-state index in [4.69, 9.17) is 0 Å². The lowest BCUT2D eigenvalue weighted by atomic mass is 9.80. The van der Waals surface area contributed by atoms with Gasteiger partial charge in [-0.15, -0.1) is 5.10 Å². The van der Waals surface area contributed by atoms with E-state index in [1.165, 1.54) is 30.4 Å². The van der Waals surface area contributed by atoms with Crippen LogP contribution in [0.5, 0.6) is 0 Å². The highest BCUT2D eigenvalue weighted by atomic mass is 15.4. The molecule has 0 aliphatic heterocycles. The number of nitrogens with one attached hydrogen (secondary N) is 1. The lowest BCUT2D eigenvalue weighted by Gasteiger charge is -2.26. The van der Waals surface area contributed by atoms with Gasteiger partial charge in [-0.1, -0.05) is 35.9 Å². The maximum atomic E-state index is 3.94. The maximum absolute atomic E-state index is 3.94. The predicted molar refractivity (Wildman–Crippen MR) is 79.3 cm³/mol. The number of hydrogen-bond acceptors (Lipinski definition) is 3. The third-order valence-corrected chi connectivity index (χ3v) is 4.41. The molecular weight excluding hydrogens is 248 g/mol. The second kappa shape index (κ2) is 5.75. The van der Waals surface area contributed by atoms with E-state index in [9.17, 15) is 0 Å². The van der Waals surface area contributed by atoms with Gasteiger partial charge in [0, 0.05) is 19.6 Å². The summed E-state index contributed by atoms with van der Waals surface area (Å²) >= 11 is 0. The Hall–Kier alpha value is -1.68. The molecule has 20 heavy (non-hydrogen) atoms. The van der Waals surface area contributed by atoms with Crippen LogP contribution in [-0.4, -0.2) is 15.0 Å². The van der Waals surface area contributed by atoms with Gasteiger partial charge in [0.15, 0.2) is 0 Å². The monoisotopic (exact) mass is 270 g/mol. The van der Waals surface area contributed by atoms with Crippen LogP contribution < -0.4 is 5.32 Å². The minimum absolute atomic E-state index is 0.334. The van der Waals surface area contributed by atoms with Crippen LogP contribution in [0.25, 0.3) is 0 Å². The molecule has 2 aromatic rings. The highest BCUT2D eigenvalue weighted by Crippen LogP contribution is 2.36. The molecule has 1 N–H and O–H groups in total. The first-order valence-corrected chi connectivity index (χ1v) is 7.41. The smallest absolute Gasteiger partial charge is 0.0738 e. The van der Waals surface area contributed by atoms with E-state index in [2.05, 4.69) is 46.8 Å². The zero-order chi connectivity index (χ0) is 13.9. The van der Waals surface area contributed by atoms with Crippen LogP contribution >= 0.6 is 0 Å². The first-order valence-electron chi connectivity index (χ1n) is 7.41. The van der Waals surface area contributed by atoms with Gasteiger partial charge in [0.05, 0.1) is 11.9 Å². The van der Waals surface area contributed by atoms with Crippen LogP contribution in [0, 0.1) is 0 Å². The van der Waals surface area contributed by atoms with Gasteiger partial charge in [-0.2, -0.15) is 0 Å². The minimum Gasteiger partial charge on any atom is -0.305 e. The van der Waals surface area contributed by atoms with Crippen molar-refractivity contribution < 1.29 is 0 Å². The average Bonchev–Trinajstić information content (AvgIpc) is 2.80. The van der Waals surface area contributed by atoms with Gasteiger partial charge in [-0.3, -0.25) is 4.68 Å². The molecular formula is C16H22N4. The maximum Gasteiger partial charge on any atom is 0.0738 e. The molecule has 1 unspecified atom stereocenters. The fourth-order valence-corrected chi connectivity index (χ4v) is 2.64. The normalized spacial score (nSPS) is 16.9. The third-order valence-electron chi connectivity index (χ3n) is 4.41. The van der Waals surface area contributed by atoms with Crippen molar-refractivity contribution in [2.45, 2.75) is 44.7 Å². The van der Waals surface area contributed by atoms with Crippen molar-refractivity contribution in [1.82, 2.24) is 20.3 Å². The average molecular weight is 270 g/mol. The topological polar surface area (TPSA) is 42.7 Å². The standard InChI is InChI=1S/C16H22N4/c1-12(17-10-16-11-18-19-20(16)2)13-6-8-15(9-7-13)14-4-3-5-14/h6-9,11-12,14,17H,3-5,10H2,1-2H3. The Morgan fingerprint density at radius 2 is 2.05 bits per heavy atom. The lowest BCUT2D eigenvalue weighted by molar-refractivity contribution is 0.419. The van der Waals surface area contributed by atoms with E-state index in [0.29, 0.717) is 6.04 Å². The molecule has 1 aliphatic rings. The second-order valence-electron chi connectivity index (χ2n) is 5.75. The van der Waals surface area contributed by atoms with Gasteiger partial charge >= 0.3 is 0 Å². The number of nitrogens with zero attached hydrogens (tertiary/aromatic N) is 3. The van der Waals surface area contributed by atoms with Gasteiger partial charge in [0.25, 0.3) is 0 Å². The second-order valence-corrected chi connectivity index (χ2v) is 5.75. The van der Waals surface area contributed by atoms with Gasteiger partial charge in [-0.05, 0) is 36.8 Å². The molecule has 4 nitrogen and oxygen atoms in total. The fourth-order valence-electron chi connectivity index (χ4n) is 2.64. The summed E-state index contributed by atoms with van der Waals surface area (Å²) in [6.45, 7) is 2.98. The Bertz CT molecular complexity index is 554. The number of aromatic nitrogens is 3. The first kappa shape index (κ1) is 13.3. The van der Waals surface area contributed by atoms with Crippen molar-refractivity contribution in [3.8, 4) is 0 Å². The van der Waals surface area contributed by atoms with Crippen LogP contribution in [0.1, 0.15) is 55.0 Å². The quantitative estimate of drug-likeness (QED) is 0.908. The predicted octanol–water partition coefficient (Wildman–Crippen LogP) is 2.93. The minimum atomic E-state index is 0.334. The summed E-state index contributed by atoms with van der Waals surface area (Å²) in [7, 11) is 1.92. The summed E-state index contributed by atoms with van der Waals surface area (Å²) < 4.78 is 1.80. The molecule has 1 atom stereocenters. The molecule has 1 aromatic carbocycles. The van der Waals surface area contributed by atoms with E-state index < -0.39 is 0 Å². The van der Waals surface area contributed by atoms with Crippen LogP contribution in [0.15, 0.2) is 30.5 Å². The number of aryl methyl sites for hydroxylation is 1. The van der Waals surface area contributed by atoms with Crippen LogP contribution in [0.2, 0.25) is 0 Å². The molecule has 1 heterocycles. The molecule has 1 aliphatic carbocycles. The Kier molecular flexibility index (Phi) is 3.83. The number of rotatable bonds is 5. The molecule has 0 saturated heterocycles. The van der Waals surface area contributed by atoms with Gasteiger partial charge in [0.2, 0.25) is 0 Å². The summed E-state index contributed by atoms with van der Waals surface area (Å²) in [4.78, 5) is 0. The highest BCUT2D eigenvalue weighted by Gasteiger charge is 2.19. The Morgan fingerprint density at radius 1 is 1.30 bits per heavy atom. The Labute approximate surface area is 120 Å². The summed E-state index contributed by atoms with van der Waals surface area (Å²) in [6.07, 6.45) is 5.92. The Balaban J connectivity index is 1.59. The van der Waals surface area contributed by atoms with E-state index in [-0.39, 0.29) is 0 Å². The molecule has 0 spiro atoms. The SMILES string of the molecule is CC(NCc1cnnn1C)c1ccc(C2CCC2)cc1. The zero-order valence-corrected chi connectivity index (χ0v) is 12.2. The van der Waals surface area contributed by atoms with Gasteiger partial charge < -0.3 is 5.32 Å². The molecule has 0 radical (unpaired) electrons. The van der Waals surface area contributed by atoms with Crippen LogP contribution in [0.3, 0.4) is 0 Å². The van der Waals surface area contributed by atoms with Gasteiger partial charge in [0.1, 0.15) is 0 Å². The van der Waals surface area contributed by atoms with Crippen molar-refractivity contribution in [2.75, 3.05) is 0 Å². The van der Waals surface area contributed by atoms with Crippen molar-refractivity contribution in [2.24, 2.45) is 7.05 Å². The Morgan fingerprint density at radius 3 is 2.60 bits per heavy atom. The van der Waals surface area contributed by atoms with Crippen molar-refractivity contribution in [1.29, 1.82) is 0 Å². The lowest BCUT2D eigenvalue weighted by Crippen LogP contribution is -2.20. The van der Waals surface area contributed by atoms with Crippen molar-refractivity contribution in [3.05, 3.63) is 47.3 Å². The van der Waals surface area contributed by atoms with Crippen LogP contribution in [-0.2, 0) is 13.6 Å². The van der Waals surface area contributed by atoms with E-state index in [0.717, 1.165) is 18.2 Å². The largest absolute Gasteiger partial charge is 0.305 e. The summed E-state index contributed by atoms with van der Waals surface area (Å²) in [5.41, 5.74) is 3.94. The van der Waals surface area contributed by atoms with Gasteiger partial charge in [-0.25, -0.2) is 0 Å². The number of hydrogen-bond donors (Lipinski definition) is 1. The molecule has 4 heteroatoms. The summed E-state index contributed by atoms with van der Waals surface area (Å²) in [5, 5.41) is 11.4. The highest BCUT2D eigenvalue weighted by molar-refractivity contribution is 5.28. The molecule has 3 rings (SSSR count). The van der Waals surface area contributed by atoms with Crippen molar-refractivity contribution >= 4 is 0 Å². The third kappa shape index (κ3) is 2.75. The molecule has 1 saturated carbocycles. The summed E-state index contributed by atoms with van der Waals surface area (Å²) in [5.74, 6) is 0.813. The summed E-state index contributed by atoms with van der Waals surface area (Å²) in [6, 6.07) is 9.44. The zero-order valence-electron chi connectivity index (χ0n) is 12.2. The van der Waals surface area contributed by atoms with E-state index in [1.54, 1.807) is 10.9 Å². The van der Waals surface area contributed by atoms with Crippen molar-refractivity contribution in [3.63, 3.8) is 0 Å². The van der Waals surface area contributed by atoms with Crippen LogP contribution in [0.4, 0.5) is 0 Å². The molecule has 1 aromatic heterocycles. The fraction of sp³-hybridized carbons (Fsp3) is 0.500. The molecule has 0 amide bonds. The molecule has 106 valence electrons. The number of benzene rings is 1. The van der Waals surface area contributed by atoms with E-state index >= 15 is 0 Å². The molecule has 0 bridgehead atoms. The van der Waals surface area contributed by atoms with E-state index in [1.807, 2.05) is 7.05 Å².